The second kappa shape index (κ2) is 8.32. The Morgan fingerprint density at radius 1 is 1.35 bits per heavy atom. The Hall–Kier alpha value is -1.73. The number of Topliss-reactive ketones (excluding diaryl/α,β-unsaturated/α-hetero) is 2. The third-order valence-corrected chi connectivity index (χ3v) is 7.31. The van der Waals surface area contributed by atoms with Gasteiger partial charge < -0.3 is 19.7 Å². The first-order chi connectivity index (χ1) is 14.4. The van der Waals surface area contributed by atoms with Crippen LogP contribution in [0.1, 0.15) is 48.0 Å². The molecule has 7 heteroatoms. The zero-order chi connectivity index (χ0) is 23.3. The molecule has 31 heavy (non-hydrogen) atoms. The molecule has 1 aliphatic carbocycles. The maximum Gasteiger partial charge on any atom is 0.207 e. The molecule has 0 amide bonds. The highest BCUT2D eigenvalue weighted by atomic mass is 35.5. The van der Waals surface area contributed by atoms with Gasteiger partial charge in [0.2, 0.25) is 5.78 Å². The molecule has 2 aliphatic heterocycles. The van der Waals surface area contributed by atoms with E-state index < -0.39 is 41.0 Å². The average molecular weight is 451 g/mol. The third kappa shape index (κ3) is 3.74. The summed E-state index contributed by atoms with van der Waals surface area (Å²) in [6.07, 6.45) is 7.01. The van der Waals surface area contributed by atoms with Crippen molar-refractivity contribution in [2.75, 3.05) is 0 Å². The Kier molecular flexibility index (Phi) is 6.42. The van der Waals surface area contributed by atoms with Crippen LogP contribution < -0.4 is 0 Å². The zero-order valence-corrected chi connectivity index (χ0v) is 19.6. The van der Waals surface area contributed by atoms with Crippen LogP contribution in [-0.2, 0) is 19.1 Å². The molecular weight excluding hydrogens is 420 g/mol. The highest BCUT2D eigenvalue weighted by molar-refractivity contribution is 6.45. The number of ketones is 2. The van der Waals surface area contributed by atoms with Crippen molar-refractivity contribution in [3.63, 3.8) is 0 Å². The third-order valence-electron chi connectivity index (χ3n) is 6.94. The molecule has 3 rings (SSSR count). The van der Waals surface area contributed by atoms with Crippen LogP contribution in [0.4, 0.5) is 0 Å². The number of aliphatic hydroxyl groups is 2. The lowest BCUT2D eigenvalue weighted by molar-refractivity contribution is -0.265. The molecule has 5 unspecified atom stereocenters. The van der Waals surface area contributed by atoms with E-state index in [4.69, 9.17) is 21.1 Å². The number of hydrogen-bond acceptors (Lipinski definition) is 6. The lowest BCUT2D eigenvalue weighted by Crippen LogP contribution is -2.50. The minimum Gasteiger partial charge on any atom is -0.465 e. The van der Waals surface area contributed by atoms with Gasteiger partial charge in [0.05, 0.1) is 23.3 Å². The predicted octanol–water partition coefficient (Wildman–Crippen LogP) is 3.78. The molecule has 1 fully saturated rings. The topological polar surface area (TPSA) is 93.1 Å². The largest absolute Gasteiger partial charge is 0.465 e. The summed E-state index contributed by atoms with van der Waals surface area (Å²) >= 11 is 6.48. The first kappa shape index (κ1) is 23.9. The average Bonchev–Trinajstić information content (AvgIpc) is 2.98. The van der Waals surface area contributed by atoms with E-state index in [1.54, 1.807) is 13.0 Å². The van der Waals surface area contributed by atoms with Gasteiger partial charge in [0, 0.05) is 23.0 Å². The van der Waals surface area contributed by atoms with E-state index >= 15 is 0 Å². The van der Waals surface area contributed by atoms with E-state index in [-0.39, 0.29) is 10.8 Å². The number of rotatable bonds is 6. The molecule has 7 atom stereocenters. The number of carbonyl (C=O) groups is 2. The molecule has 1 saturated heterocycles. The van der Waals surface area contributed by atoms with Crippen molar-refractivity contribution in [1.82, 2.24) is 0 Å². The van der Waals surface area contributed by atoms with Gasteiger partial charge in [0.1, 0.15) is 17.1 Å². The SMILES string of the molecule is CC[C@H](C)/C=C/C1=CC2=C(Cl)C(=O)[C@@]3(C)OC(O)(C(C)C(C)O)C(C(C)=O)C3C2=CO1. The first-order valence-corrected chi connectivity index (χ1v) is 11.1. The molecule has 0 aromatic heterocycles. The summed E-state index contributed by atoms with van der Waals surface area (Å²) in [5.41, 5.74) is -0.572. The molecule has 0 aromatic carbocycles. The molecule has 3 aliphatic rings. The monoisotopic (exact) mass is 450 g/mol. The van der Waals surface area contributed by atoms with Gasteiger partial charge in [-0.15, -0.1) is 0 Å². The smallest absolute Gasteiger partial charge is 0.207 e. The summed E-state index contributed by atoms with van der Waals surface area (Å²) in [5, 5.41) is 21.6. The minimum absolute atomic E-state index is 0.0287. The highest BCUT2D eigenvalue weighted by Gasteiger charge is 2.69. The molecule has 170 valence electrons. The number of hydrogen-bond donors (Lipinski definition) is 2. The van der Waals surface area contributed by atoms with E-state index in [9.17, 15) is 19.8 Å². The molecule has 2 N–H and O–H groups in total. The molecule has 2 heterocycles. The van der Waals surface area contributed by atoms with Crippen LogP contribution >= 0.6 is 11.6 Å². The molecular formula is C24H31ClO6. The van der Waals surface area contributed by atoms with Crippen LogP contribution in [0.15, 0.2) is 46.4 Å². The summed E-state index contributed by atoms with van der Waals surface area (Å²) < 4.78 is 11.8. The Morgan fingerprint density at radius 2 is 2.00 bits per heavy atom. The molecule has 0 saturated carbocycles. The van der Waals surface area contributed by atoms with Crippen LogP contribution in [0.5, 0.6) is 0 Å². The number of carbonyl (C=O) groups excluding carboxylic acids is 2. The van der Waals surface area contributed by atoms with Gasteiger partial charge in [-0.05, 0) is 38.8 Å². The quantitative estimate of drug-likeness (QED) is 0.639. The van der Waals surface area contributed by atoms with E-state index in [1.165, 1.54) is 27.0 Å². The van der Waals surface area contributed by atoms with Gasteiger partial charge in [-0.1, -0.05) is 44.9 Å². The van der Waals surface area contributed by atoms with E-state index in [0.29, 0.717) is 22.8 Å². The van der Waals surface area contributed by atoms with Gasteiger partial charge >= 0.3 is 0 Å². The van der Waals surface area contributed by atoms with E-state index in [0.717, 1.165) is 6.42 Å². The zero-order valence-electron chi connectivity index (χ0n) is 18.8. The first-order valence-electron chi connectivity index (χ1n) is 10.7. The molecule has 6 nitrogen and oxygen atoms in total. The minimum atomic E-state index is -2.04. The number of halogens is 1. The van der Waals surface area contributed by atoms with Crippen molar-refractivity contribution in [2.45, 2.75) is 65.5 Å². The van der Waals surface area contributed by atoms with Crippen LogP contribution in [0.2, 0.25) is 0 Å². The number of fused-ring (bicyclic) bond motifs is 3. The molecule has 0 bridgehead atoms. The lowest BCUT2D eigenvalue weighted by atomic mass is 9.65. The van der Waals surface area contributed by atoms with Crippen LogP contribution in [-0.4, -0.2) is 39.3 Å². The van der Waals surface area contributed by atoms with Crippen LogP contribution in [0, 0.1) is 23.7 Å². The summed E-state index contributed by atoms with van der Waals surface area (Å²) in [5.74, 6) is -4.71. The summed E-state index contributed by atoms with van der Waals surface area (Å²) in [7, 11) is 0. The van der Waals surface area contributed by atoms with Crippen molar-refractivity contribution in [2.24, 2.45) is 23.7 Å². The summed E-state index contributed by atoms with van der Waals surface area (Å²) in [4.78, 5) is 26.1. The highest BCUT2D eigenvalue weighted by Crippen LogP contribution is 2.58. The lowest BCUT2D eigenvalue weighted by Gasteiger charge is -2.37. The predicted molar refractivity (Wildman–Crippen MR) is 117 cm³/mol. The Bertz CT molecular complexity index is 913. The summed E-state index contributed by atoms with van der Waals surface area (Å²) in [6.45, 7) is 10.1. The van der Waals surface area contributed by atoms with Crippen molar-refractivity contribution in [3.8, 4) is 0 Å². The van der Waals surface area contributed by atoms with Gasteiger partial charge in [-0.2, -0.15) is 0 Å². The standard InChI is InChI=1S/C24H31ClO6/c1-7-12(2)8-9-16-10-17-18(11-30-16)20-19(15(5)27)24(29,13(3)14(4)26)31-23(20,6)22(28)21(17)25/h8-14,19-20,26,29H,7H2,1-6H3/b9-8+/t12-,13?,14?,19?,20?,23-,24?/m0/s1. The van der Waals surface area contributed by atoms with Gasteiger partial charge in [-0.3, -0.25) is 9.59 Å². The Balaban J connectivity index is 2.12. The second-order valence-corrected chi connectivity index (χ2v) is 9.47. The van der Waals surface area contributed by atoms with Gasteiger partial charge in [0.25, 0.3) is 0 Å². The molecule has 0 spiro atoms. The maximum atomic E-state index is 13.3. The number of ether oxygens (including phenoxy) is 2. The fraction of sp³-hybridized carbons (Fsp3) is 0.583. The fourth-order valence-corrected chi connectivity index (χ4v) is 4.99. The fourth-order valence-electron chi connectivity index (χ4n) is 4.64. The molecule has 0 radical (unpaired) electrons. The number of aliphatic hydroxyl groups excluding tert-OH is 1. The Morgan fingerprint density at radius 3 is 2.55 bits per heavy atom. The number of allylic oxidation sites excluding steroid dienone is 4. The van der Waals surface area contributed by atoms with E-state index in [1.807, 2.05) is 12.2 Å². The van der Waals surface area contributed by atoms with Crippen molar-refractivity contribution in [1.29, 1.82) is 0 Å². The molecule has 0 aromatic rings. The summed E-state index contributed by atoms with van der Waals surface area (Å²) in [6, 6.07) is 0. The van der Waals surface area contributed by atoms with Gasteiger partial charge in [-0.25, -0.2) is 0 Å². The van der Waals surface area contributed by atoms with Crippen molar-refractivity contribution >= 4 is 23.2 Å². The second-order valence-electron chi connectivity index (χ2n) is 9.10. The van der Waals surface area contributed by atoms with Crippen molar-refractivity contribution < 1.29 is 29.3 Å². The maximum absolute atomic E-state index is 13.3. The normalized spacial score (nSPS) is 35.7. The van der Waals surface area contributed by atoms with Crippen LogP contribution in [0.3, 0.4) is 0 Å². The van der Waals surface area contributed by atoms with Gasteiger partial charge in [0.15, 0.2) is 5.79 Å². The Labute approximate surface area is 188 Å². The van der Waals surface area contributed by atoms with Crippen LogP contribution in [0.25, 0.3) is 0 Å². The van der Waals surface area contributed by atoms with Crippen molar-refractivity contribution in [3.05, 3.63) is 46.4 Å². The van der Waals surface area contributed by atoms with E-state index in [2.05, 4.69) is 13.8 Å².